The molecular formula is C50H88NO8P. The third-order valence-corrected chi connectivity index (χ3v) is 10.7. The Morgan fingerprint density at radius 3 is 1.45 bits per heavy atom. The number of nitrogens with zero attached hydrogens (tertiary/aromatic N) is 1. The summed E-state index contributed by atoms with van der Waals surface area (Å²) in [5.41, 5.74) is 0. The minimum Gasteiger partial charge on any atom is -0.756 e. The lowest BCUT2D eigenvalue weighted by Crippen LogP contribution is -2.37. The number of quaternary nitrogens is 1. The number of carbonyl (C=O) groups excluding carboxylic acids is 2. The van der Waals surface area contributed by atoms with Gasteiger partial charge in [-0.1, -0.05) is 157 Å². The van der Waals surface area contributed by atoms with Gasteiger partial charge in [0.1, 0.15) is 19.8 Å². The van der Waals surface area contributed by atoms with Crippen LogP contribution in [0, 0.1) is 0 Å². The molecule has 0 radical (unpaired) electrons. The third-order valence-electron chi connectivity index (χ3n) is 9.71. The first-order valence-electron chi connectivity index (χ1n) is 23.6. The van der Waals surface area contributed by atoms with Gasteiger partial charge in [-0.2, -0.15) is 0 Å². The molecule has 0 rings (SSSR count). The van der Waals surface area contributed by atoms with Gasteiger partial charge in [0.25, 0.3) is 7.82 Å². The summed E-state index contributed by atoms with van der Waals surface area (Å²) in [7, 11) is 1.12. The third kappa shape index (κ3) is 45.0. The molecule has 60 heavy (non-hydrogen) atoms. The number of carbonyl (C=O) groups is 2. The molecule has 0 saturated heterocycles. The zero-order valence-corrected chi connectivity index (χ0v) is 39.8. The minimum atomic E-state index is -4.64. The largest absolute Gasteiger partial charge is 0.756 e. The topological polar surface area (TPSA) is 111 Å². The number of likely N-dealkylation sites (N-methyl/N-ethyl adjacent to an activating group) is 1. The first kappa shape index (κ1) is 57.4. The molecule has 2 atom stereocenters. The van der Waals surface area contributed by atoms with E-state index < -0.39 is 32.5 Å². The van der Waals surface area contributed by atoms with Crippen molar-refractivity contribution in [3.05, 3.63) is 72.9 Å². The van der Waals surface area contributed by atoms with E-state index in [-0.39, 0.29) is 26.1 Å². The number of phosphoric ester groups is 1. The summed E-state index contributed by atoms with van der Waals surface area (Å²) in [5, 5.41) is 0. The first-order valence-corrected chi connectivity index (χ1v) is 25.1. The van der Waals surface area contributed by atoms with Crippen LogP contribution in [0.4, 0.5) is 0 Å². The van der Waals surface area contributed by atoms with Crippen LogP contribution in [0.2, 0.25) is 0 Å². The molecule has 0 heterocycles. The van der Waals surface area contributed by atoms with Crippen molar-refractivity contribution in [2.75, 3.05) is 47.5 Å². The second kappa shape index (κ2) is 41.8. The van der Waals surface area contributed by atoms with E-state index in [9.17, 15) is 19.0 Å². The zero-order valence-electron chi connectivity index (χ0n) is 38.9. The van der Waals surface area contributed by atoms with Crippen molar-refractivity contribution in [2.24, 2.45) is 0 Å². The van der Waals surface area contributed by atoms with Crippen molar-refractivity contribution in [3.8, 4) is 0 Å². The van der Waals surface area contributed by atoms with Gasteiger partial charge in [0.15, 0.2) is 6.10 Å². The van der Waals surface area contributed by atoms with Crippen LogP contribution in [0.3, 0.4) is 0 Å². The van der Waals surface area contributed by atoms with Crippen LogP contribution in [0.15, 0.2) is 72.9 Å². The molecule has 0 fully saturated rings. The lowest BCUT2D eigenvalue weighted by Gasteiger charge is -2.28. The van der Waals surface area contributed by atoms with Crippen LogP contribution in [-0.4, -0.2) is 70.0 Å². The Balaban J connectivity index is 4.35. The fraction of sp³-hybridized carbons (Fsp3) is 0.720. The molecule has 0 aliphatic carbocycles. The van der Waals surface area contributed by atoms with Gasteiger partial charge in [-0.05, 0) is 83.5 Å². The summed E-state index contributed by atoms with van der Waals surface area (Å²) < 4.78 is 33.9. The van der Waals surface area contributed by atoms with Crippen LogP contribution in [0.1, 0.15) is 181 Å². The van der Waals surface area contributed by atoms with Gasteiger partial charge in [0, 0.05) is 12.8 Å². The maximum absolute atomic E-state index is 12.7. The zero-order chi connectivity index (χ0) is 44.3. The van der Waals surface area contributed by atoms with Gasteiger partial charge in [0.05, 0.1) is 27.7 Å². The summed E-state index contributed by atoms with van der Waals surface area (Å²) >= 11 is 0. The van der Waals surface area contributed by atoms with Crippen molar-refractivity contribution in [1.29, 1.82) is 0 Å². The lowest BCUT2D eigenvalue weighted by molar-refractivity contribution is -0.870. The standard InChI is InChI=1S/C50H88NO8P/c1-6-8-10-12-14-16-18-20-22-23-24-25-26-27-29-30-32-34-36-38-40-42-49(52)56-46-48(47-58-60(54,55)57-45-44-51(3,4)5)59-50(53)43-41-39-37-35-33-31-28-21-19-17-15-13-11-9-7-2/h9,11,15,17-18,20-21,23-24,28,33,35,48H,6-8,10,12-14,16,19,22,25-27,29-32,34,36-47H2,1-5H3/b11-9-,17-15-,20-18-,24-23-,28-21-,35-33-. The molecular weight excluding hydrogens is 774 g/mol. The molecule has 346 valence electrons. The Morgan fingerprint density at radius 1 is 0.533 bits per heavy atom. The Bertz CT molecular complexity index is 1250. The molecule has 0 aromatic carbocycles. The predicted molar refractivity (Wildman–Crippen MR) is 249 cm³/mol. The number of allylic oxidation sites excluding steroid dienone is 12. The van der Waals surface area contributed by atoms with Crippen LogP contribution in [0.25, 0.3) is 0 Å². The van der Waals surface area contributed by atoms with E-state index in [4.69, 9.17) is 18.5 Å². The molecule has 0 aromatic heterocycles. The van der Waals surface area contributed by atoms with E-state index in [1.165, 1.54) is 70.6 Å². The number of esters is 2. The highest BCUT2D eigenvalue weighted by molar-refractivity contribution is 7.45. The summed E-state index contributed by atoms with van der Waals surface area (Å²) in [5.74, 6) is -0.892. The molecule has 0 amide bonds. The normalized spacial score (nSPS) is 14.2. The molecule has 0 aliphatic heterocycles. The summed E-state index contributed by atoms with van der Waals surface area (Å²) in [6.45, 7) is 4.04. The van der Waals surface area contributed by atoms with E-state index in [2.05, 4.69) is 86.8 Å². The molecule has 2 unspecified atom stereocenters. The number of rotatable bonds is 42. The Labute approximate surface area is 368 Å². The van der Waals surface area contributed by atoms with E-state index in [1.807, 2.05) is 21.1 Å². The number of ether oxygens (including phenoxy) is 2. The monoisotopic (exact) mass is 862 g/mol. The molecule has 0 N–H and O–H groups in total. The Morgan fingerprint density at radius 2 is 0.950 bits per heavy atom. The summed E-state index contributed by atoms with van der Waals surface area (Å²) in [6, 6.07) is 0. The maximum Gasteiger partial charge on any atom is 0.306 e. The van der Waals surface area contributed by atoms with Crippen LogP contribution in [0.5, 0.6) is 0 Å². The van der Waals surface area contributed by atoms with Gasteiger partial charge in [0.2, 0.25) is 0 Å². The molecule has 10 heteroatoms. The van der Waals surface area contributed by atoms with Gasteiger partial charge in [-0.25, -0.2) is 0 Å². The van der Waals surface area contributed by atoms with Crippen LogP contribution >= 0.6 is 7.82 Å². The number of hydrogen-bond donors (Lipinski definition) is 0. The molecule has 9 nitrogen and oxygen atoms in total. The smallest absolute Gasteiger partial charge is 0.306 e. The van der Waals surface area contributed by atoms with E-state index in [1.54, 1.807) is 0 Å². The van der Waals surface area contributed by atoms with Gasteiger partial charge in [-0.3, -0.25) is 14.2 Å². The summed E-state index contributed by atoms with van der Waals surface area (Å²) in [6.07, 6.45) is 52.2. The SMILES string of the molecule is CC/C=C\C/C=C\C/C=C\C/C=C\CCCCC(=O)OC(COC(=O)CCCCCCCCCCC/C=C\C/C=C\CCCCCCC)COP(=O)([O-])OCC[N+](C)(C)C. The maximum atomic E-state index is 12.7. The second-order valence-corrected chi connectivity index (χ2v) is 18.1. The van der Waals surface area contributed by atoms with Crippen LogP contribution < -0.4 is 4.89 Å². The second-order valence-electron chi connectivity index (χ2n) is 16.7. The average molecular weight is 862 g/mol. The fourth-order valence-electron chi connectivity index (χ4n) is 6.03. The number of phosphoric acid groups is 1. The number of unbranched alkanes of at least 4 members (excludes halogenated alkanes) is 16. The van der Waals surface area contributed by atoms with Crippen molar-refractivity contribution >= 4 is 19.8 Å². The number of hydrogen-bond acceptors (Lipinski definition) is 8. The van der Waals surface area contributed by atoms with Crippen molar-refractivity contribution in [1.82, 2.24) is 0 Å². The molecule has 0 saturated carbocycles. The first-order chi connectivity index (χ1) is 29.0. The van der Waals surface area contributed by atoms with Crippen molar-refractivity contribution in [2.45, 2.75) is 187 Å². The highest BCUT2D eigenvalue weighted by Crippen LogP contribution is 2.38. The summed E-state index contributed by atoms with van der Waals surface area (Å²) in [4.78, 5) is 37.6. The Kier molecular flexibility index (Phi) is 40.0. The quantitative estimate of drug-likeness (QED) is 0.0196. The van der Waals surface area contributed by atoms with Gasteiger partial charge >= 0.3 is 11.9 Å². The molecule has 0 spiro atoms. The van der Waals surface area contributed by atoms with Crippen LogP contribution in [-0.2, 0) is 32.7 Å². The van der Waals surface area contributed by atoms with Gasteiger partial charge in [-0.15, -0.1) is 0 Å². The Hall–Kier alpha value is -2.55. The van der Waals surface area contributed by atoms with E-state index in [0.717, 1.165) is 77.0 Å². The van der Waals surface area contributed by atoms with Gasteiger partial charge < -0.3 is 27.9 Å². The van der Waals surface area contributed by atoms with Crippen molar-refractivity contribution in [3.63, 3.8) is 0 Å². The molecule has 0 bridgehead atoms. The minimum absolute atomic E-state index is 0.0430. The van der Waals surface area contributed by atoms with Crippen molar-refractivity contribution < 1.29 is 42.1 Å². The highest BCUT2D eigenvalue weighted by atomic mass is 31.2. The lowest BCUT2D eigenvalue weighted by atomic mass is 10.1. The highest BCUT2D eigenvalue weighted by Gasteiger charge is 2.21. The predicted octanol–water partition coefficient (Wildman–Crippen LogP) is 13.2. The molecule has 0 aliphatic rings. The van der Waals surface area contributed by atoms with E-state index >= 15 is 0 Å². The average Bonchev–Trinajstić information content (AvgIpc) is 3.20. The van der Waals surface area contributed by atoms with E-state index in [0.29, 0.717) is 17.4 Å². The molecule has 0 aromatic rings. The fourth-order valence-corrected chi connectivity index (χ4v) is 6.76.